The van der Waals surface area contributed by atoms with Crippen LogP contribution in [-0.2, 0) is 11.3 Å². The summed E-state index contributed by atoms with van der Waals surface area (Å²) < 4.78 is 1.73. The van der Waals surface area contributed by atoms with E-state index in [-0.39, 0.29) is 17.7 Å². The molecule has 0 atom stereocenters. The fraction of sp³-hybridized carbons (Fsp3) is 0.412. The average Bonchev–Trinajstić information content (AvgIpc) is 2.96. The third kappa shape index (κ3) is 3.29. The molecule has 126 valence electrons. The molecule has 0 unspecified atom stereocenters. The number of nitrogens with zero attached hydrogens (tertiary/aromatic N) is 4. The number of amides is 2. The van der Waals surface area contributed by atoms with E-state index in [0.29, 0.717) is 38.2 Å². The molecule has 0 radical (unpaired) electrons. The first kappa shape index (κ1) is 16.2. The molecule has 7 nitrogen and oxygen atoms in total. The smallest absolute Gasteiger partial charge is 0.276 e. The van der Waals surface area contributed by atoms with Gasteiger partial charge in [0.25, 0.3) is 5.91 Å². The summed E-state index contributed by atoms with van der Waals surface area (Å²) in [5.74, 6) is -0.550. The number of carbonyl (C=O) groups is 2. The Morgan fingerprint density at radius 2 is 1.88 bits per heavy atom. The number of hydrogen-bond acceptors (Lipinski definition) is 4. The van der Waals surface area contributed by atoms with Crippen molar-refractivity contribution in [1.82, 2.24) is 19.9 Å². The summed E-state index contributed by atoms with van der Waals surface area (Å²) in [5, 5.41) is 8.19. The zero-order chi connectivity index (χ0) is 17.1. The van der Waals surface area contributed by atoms with Crippen LogP contribution in [-0.4, -0.2) is 44.8 Å². The molecule has 2 aromatic rings. The molecule has 0 saturated carbocycles. The fourth-order valence-corrected chi connectivity index (χ4v) is 2.98. The fourth-order valence-electron chi connectivity index (χ4n) is 2.98. The molecule has 3 rings (SSSR count). The van der Waals surface area contributed by atoms with E-state index in [1.165, 1.54) is 0 Å². The Hall–Kier alpha value is -2.70. The summed E-state index contributed by atoms with van der Waals surface area (Å²) in [7, 11) is 0. The van der Waals surface area contributed by atoms with E-state index in [0.717, 1.165) is 11.3 Å². The van der Waals surface area contributed by atoms with Gasteiger partial charge in [-0.3, -0.25) is 9.59 Å². The molecule has 7 heteroatoms. The Morgan fingerprint density at radius 3 is 2.50 bits per heavy atom. The van der Waals surface area contributed by atoms with Crippen LogP contribution in [0.4, 0.5) is 0 Å². The summed E-state index contributed by atoms with van der Waals surface area (Å²) in [4.78, 5) is 25.6. The number of aromatic nitrogens is 3. The monoisotopic (exact) mass is 327 g/mol. The molecule has 1 aliphatic heterocycles. The molecule has 2 N–H and O–H groups in total. The van der Waals surface area contributed by atoms with E-state index in [4.69, 9.17) is 5.73 Å². The zero-order valence-corrected chi connectivity index (χ0v) is 13.7. The van der Waals surface area contributed by atoms with Crippen LogP contribution in [0.2, 0.25) is 0 Å². The van der Waals surface area contributed by atoms with Gasteiger partial charge < -0.3 is 10.6 Å². The summed E-state index contributed by atoms with van der Waals surface area (Å²) in [6, 6.07) is 9.92. The predicted molar refractivity (Wildman–Crippen MR) is 88.1 cm³/mol. The van der Waals surface area contributed by atoms with Crippen molar-refractivity contribution >= 4 is 11.8 Å². The van der Waals surface area contributed by atoms with Crippen LogP contribution in [0.15, 0.2) is 30.3 Å². The van der Waals surface area contributed by atoms with Gasteiger partial charge in [0.15, 0.2) is 5.69 Å². The van der Waals surface area contributed by atoms with Crippen LogP contribution in [0.3, 0.4) is 0 Å². The molecule has 0 spiro atoms. The van der Waals surface area contributed by atoms with Gasteiger partial charge in [-0.2, -0.15) is 0 Å². The van der Waals surface area contributed by atoms with Gasteiger partial charge in [0.05, 0.1) is 12.2 Å². The first-order valence-electron chi connectivity index (χ1n) is 8.09. The van der Waals surface area contributed by atoms with E-state index in [1.807, 2.05) is 37.3 Å². The molecule has 1 fully saturated rings. The molecular weight excluding hydrogens is 306 g/mol. The highest BCUT2D eigenvalue weighted by Gasteiger charge is 2.29. The lowest BCUT2D eigenvalue weighted by molar-refractivity contribution is -0.123. The first-order valence-corrected chi connectivity index (χ1v) is 8.09. The van der Waals surface area contributed by atoms with Crippen molar-refractivity contribution in [2.75, 3.05) is 13.1 Å². The maximum absolute atomic E-state index is 12.7. The zero-order valence-electron chi connectivity index (χ0n) is 13.7. The molecule has 24 heavy (non-hydrogen) atoms. The van der Waals surface area contributed by atoms with Crippen LogP contribution in [0, 0.1) is 12.8 Å². The van der Waals surface area contributed by atoms with Crippen molar-refractivity contribution in [3.8, 4) is 0 Å². The number of rotatable bonds is 4. The standard InChI is InChI=1S/C17H21N5O2/c1-12-15(17(24)21-9-7-14(8-10-21)16(18)23)19-20-22(12)11-13-5-3-2-4-6-13/h2-6,14H,7-11H2,1H3,(H2,18,23). The average molecular weight is 327 g/mol. The highest BCUT2D eigenvalue weighted by molar-refractivity contribution is 5.93. The quantitative estimate of drug-likeness (QED) is 0.905. The van der Waals surface area contributed by atoms with Crippen LogP contribution < -0.4 is 5.73 Å². The van der Waals surface area contributed by atoms with Gasteiger partial charge in [-0.25, -0.2) is 4.68 Å². The molecule has 1 aliphatic rings. The summed E-state index contributed by atoms with van der Waals surface area (Å²) in [6.45, 7) is 3.48. The Morgan fingerprint density at radius 1 is 1.21 bits per heavy atom. The summed E-state index contributed by atoms with van der Waals surface area (Å²) in [5.41, 5.74) is 7.57. The minimum Gasteiger partial charge on any atom is -0.369 e. The third-order valence-electron chi connectivity index (χ3n) is 4.54. The van der Waals surface area contributed by atoms with Gasteiger partial charge in [0, 0.05) is 19.0 Å². The lowest BCUT2D eigenvalue weighted by Gasteiger charge is -2.30. The number of nitrogens with two attached hydrogens (primary N) is 1. The summed E-state index contributed by atoms with van der Waals surface area (Å²) in [6.07, 6.45) is 1.22. The van der Waals surface area contributed by atoms with Crippen LogP contribution in [0.25, 0.3) is 0 Å². The minimum absolute atomic E-state index is 0.130. The first-order chi connectivity index (χ1) is 11.6. The molecule has 1 aromatic carbocycles. The highest BCUT2D eigenvalue weighted by Crippen LogP contribution is 2.19. The SMILES string of the molecule is Cc1c(C(=O)N2CCC(C(N)=O)CC2)nnn1Cc1ccccc1. The second kappa shape index (κ2) is 6.82. The van der Waals surface area contributed by atoms with Gasteiger partial charge >= 0.3 is 0 Å². The van der Waals surface area contributed by atoms with E-state index >= 15 is 0 Å². The van der Waals surface area contributed by atoms with Crippen LogP contribution in [0.1, 0.15) is 34.6 Å². The molecular formula is C17H21N5O2. The van der Waals surface area contributed by atoms with Crippen molar-refractivity contribution in [3.05, 3.63) is 47.3 Å². The van der Waals surface area contributed by atoms with Crippen molar-refractivity contribution < 1.29 is 9.59 Å². The molecule has 0 bridgehead atoms. The Labute approximate surface area is 140 Å². The largest absolute Gasteiger partial charge is 0.369 e. The normalized spacial score (nSPS) is 15.5. The van der Waals surface area contributed by atoms with E-state index in [2.05, 4.69) is 10.3 Å². The lowest BCUT2D eigenvalue weighted by atomic mass is 9.96. The van der Waals surface area contributed by atoms with Crippen LogP contribution in [0.5, 0.6) is 0 Å². The van der Waals surface area contributed by atoms with Crippen molar-refractivity contribution in [2.45, 2.75) is 26.3 Å². The van der Waals surface area contributed by atoms with Gasteiger partial charge in [0.2, 0.25) is 5.91 Å². The van der Waals surface area contributed by atoms with Gasteiger partial charge in [0.1, 0.15) is 0 Å². The van der Waals surface area contributed by atoms with E-state index < -0.39 is 0 Å². The highest BCUT2D eigenvalue weighted by atomic mass is 16.2. The summed E-state index contributed by atoms with van der Waals surface area (Å²) >= 11 is 0. The lowest BCUT2D eigenvalue weighted by Crippen LogP contribution is -2.42. The predicted octanol–water partition coefficient (Wildman–Crippen LogP) is 0.972. The van der Waals surface area contributed by atoms with Crippen molar-refractivity contribution in [1.29, 1.82) is 0 Å². The van der Waals surface area contributed by atoms with Crippen molar-refractivity contribution in [3.63, 3.8) is 0 Å². The number of hydrogen-bond donors (Lipinski definition) is 1. The second-order valence-electron chi connectivity index (χ2n) is 6.14. The molecule has 1 saturated heterocycles. The molecule has 2 heterocycles. The molecule has 1 aromatic heterocycles. The minimum atomic E-state index is -0.285. The van der Waals surface area contributed by atoms with E-state index in [1.54, 1.807) is 9.58 Å². The van der Waals surface area contributed by atoms with Crippen LogP contribution >= 0.6 is 0 Å². The van der Waals surface area contributed by atoms with Gasteiger partial charge in [-0.15, -0.1) is 5.10 Å². The van der Waals surface area contributed by atoms with E-state index in [9.17, 15) is 9.59 Å². The third-order valence-corrected chi connectivity index (χ3v) is 4.54. The Bertz CT molecular complexity index is 733. The number of piperidine rings is 1. The Kier molecular flexibility index (Phi) is 4.59. The van der Waals surface area contributed by atoms with Gasteiger partial charge in [-0.1, -0.05) is 35.5 Å². The van der Waals surface area contributed by atoms with Crippen molar-refractivity contribution in [2.24, 2.45) is 11.7 Å². The number of carbonyl (C=O) groups excluding carboxylic acids is 2. The Balaban J connectivity index is 1.69. The van der Waals surface area contributed by atoms with Gasteiger partial charge in [-0.05, 0) is 25.3 Å². The topological polar surface area (TPSA) is 94.1 Å². The second-order valence-corrected chi connectivity index (χ2v) is 6.14. The maximum Gasteiger partial charge on any atom is 0.276 e. The number of benzene rings is 1. The molecule has 0 aliphatic carbocycles. The maximum atomic E-state index is 12.7. The number of primary amides is 1. The number of likely N-dealkylation sites (tertiary alicyclic amines) is 1. The molecule has 2 amide bonds.